The van der Waals surface area contributed by atoms with Gasteiger partial charge in [-0.25, -0.2) is 0 Å². The molecule has 0 spiro atoms. The monoisotopic (exact) mass is 231 g/mol. The zero-order chi connectivity index (χ0) is 8.31. The van der Waals surface area contributed by atoms with Crippen LogP contribution in [0.1, 0.15) is 20.8 Å². The third kappa shape index (κ3) is 4.64. The van der Waals surface area contributed by atoms with E-state index in [9.17, 15) is 9.59 Å². The fourth-order valence-electron chi connectivity index (χ4n) is 0.629. The first-order chi connectivity index (χ1) is 4.46. The molecule has 3 nitrogen and oxygen atoms in total. The van der Waals surface area contributed by atoms with Gasteiger partial charge in [-0.15, -0.1) is 0 Å². The molecular formula is C7H12NO2Y+2. The fraction of sp³-hybridized carbons (Fsp3) is 0.714. The Kier molecular flexibility index (Phi) is 7.33. The summed E-state index contributed by atoms with van der Waals surface area (Å²) in [7, 11) is 0. The van der Waals surface area contributed by atoms with Crippen molar-refractivity contribution in [3.05, 3.63) is 5.73 Å². The molecule has 0 saturated heterocycles. The molecule has 1 N–H and O–H groups in total. The average molecular weight is 231 g/mol. The minimum Gasteiger partial charge on any atom is -0.667 e. The molecule has 0 radical (unpaired) electrons. The number of rotatable bonds is 3. The smallest absolute Gasteiger partial charge is 0.667 e. The number of carbonyl (C=O) groups is 2. The Labute approximate surface area is 92.0 Å². The normalized spacial score (nSPS) is 12.0. The third-order valence-corrected chi connectivity index (χ3v) is 1.39. The molecule has 0 bridgehead atoms. The Bertz CT molecular complexity index is 157. The van der Waals surface area contributed by atoms with Gasteiger partial charge in [0.2, 0.25) is 0 Å². The first-order valence-corrected chi connectivity index (χ1v) is 3.26. The number of ketones is 1. The molecule has 0 aliphatic carbocycles. The minimum absolute atomic E-state index is 0. The Morgan fingerprint density at radius 1 is 1.18 bits per heavy atom. The van der Waals surface area contributed by atoms with Crippen LogP contribution in [0.2, 0.25) is 0 Å². The summed E-state index contributed by atoms with van der Waals surface area (Å²) in [6, 6.07) is 0. The van der Waals surface area contributed by atoms with Gasteiger partial charge in [0.25, 0.3) is 0 Å². The van der Waals surface area contributed by atoms with E-state index in [1.807, 2.05) is 0 Å². The largest absolute Gasteiger partial charge is 3.00 e. The molecule has 0 rings (SSSR count). The summed E-state index contributed by atoms with van der Waals surface area (Å²) in [5.74, 6) is -1.84. The quantitative estimate of drug-likeness (QED) is 0.689. The molecule has 0 aliphatic rings. The summed E-state index contributed by atoms with van der Waals surface area (Å²) in [5.41, 5.74) is 6.65. The van der Waals surface area contributed by atoms with E-state index in [2.05, 4.69) is 0 Å². The second-order valence-corrected chi connectivity index (χ2v) is 2.64. The van der Waals surface area contributed by atoms with E-state index in [0.29, 0.717) is 0 Å². The molecule has 0 aromatic carbocycles. The van der Waals surface area contributed by atoms with Crippen molar-refractivity contribution in [2.45, 2.75) is 20.8 Å². The first kappa shape index (κ1) is 13.8. The molecule has 4 heteroatoms. The molecule has 0 aliphatic heterocycles. The maximum absolute atomic E-state index is 10.9. The van der Waals surface area contributed by atoms with E-state index < -0.39 is 11.8 Å². The van der Waals surface area contributed by atoms with Crippen LogP contribution in [0.25, 0.3) is 5.73 Å². The van der Waals surface area contributed by atoms with Crippen LogP contribution in [-0.2, 0) is 42.3 Å². The van der Waals surface area contributed by atoms with Crippen LogP contribution in [0.4, 0.5) is 0 Å². The summed E-state index contributed by atoms with van der Waals surface area (Å²) in [4.78, 5) is 21.3. The molecule has 1 atom stereocenters. The van der Waals surface area contributed by atoms with Gasteiger partial charge >= 0.3 is 32.7 Å². The second kappa shape index (κ2) is 5.84. The van der Waals surface area contributed by atoms with Crippen molar-refractivity contribution in [3.63, 3.8) is 0 Å². The predicted molar refractivity (Wildman–Crippen MR) is 38.3 cm³/mol. The van der Waals surface area contributed by atoms with Crippen LogP contribution in [0.15, 0.2) is 0 Å². The van der Waals surface area contributed by atoms with Gasteiger partial charge in [0, 0.05) is 5.92 Å². The van der Waals surface area contributed by atoms with Crippen molar-refractivity contribution in [3.8, 4) is 0 Å². The van der Waals surface area contributed by atoms with E-state index in [1.165, 1.54) is 6.92 Å². The molecule has 0 heterocycles. The number of hydrogen-bond acceptors (Lipinski definition) is 2. The maximum atomic E-state index is 10.9. The SMILES string of the molecule is CC(C)C(=O)C(C)C([NH-])=O.[Y+3]. The van der Waals surface area contributed by atoms with Crippen LogP contribution >= 0.6 is 0 Å². The van der Waals surface area contributed by atoms with Gasteiger partial charge in [-0.05, 0) is 0 Å². The Morgan fingerprint density at radius 2 is 1.55 bits per heavy atom. The van der Waals surface area contributed by atoms with Crippen LogP contribution in [0.5, 0.6) is 0 Å². The van der Waals surface area contributed by atoms with E-state index in [-0.39, 0.29) is 44.4 Å². The topological polar surface area (TPSA) is 57.9 Å². The van der Waals surface area contributed by atoms with Crippen molar-refractivity contribution in [1.29, 1.82) is 0 Å². The molecular weight excluding hydrogens is 219 g/mol. The van der Waals surface area contributed by atoms with Gasteiger partial charge in [0.05, 0.1) is 11.8 Å². The second-order valence-electron chi connectivity index (χ2n) is 2.64. The zero-order valence-corrected chi connectivity index (χ0v) is 9.89. The standard InChI is InChI=1S/C7H13NO2.Y/c1-4(2)6(9)5(3)7(8)10;/h4-5H,1-3H3,(H2,8,10);/q;+3/p-1. The fourth-order valence-corrected chi connectivity index (χ4v) is 0.629. The van der Waals surface area contributed by atoms with E-state index in [4.69, 9.17) is 5.73 Å². The Hall–Kier alpha value is 0.244. The Morgan fingerprint density at radius 3 is 1.64 bits per heavy atom. The molecule has 11 heavy (non-hydrogen) atoms. The molecule has 0 saturated carbocycles. The Balaban J connectivity index is 0. The van der Waals surface area contributed by atoms with Crippen LogP contribution in [0.3, 0.4) is 0 Å². The average Bonchev–Trinajstić information content (AvgIpc) is 1.84. The van der Waals surface area contributed by atoms with Gasteiger partial charge in [0.1, 0.15) is 5.78 Å². The van der Waals surface area contributed by atoms with Gasteiger partial charge in [0.15, 0.2) is 0 Å². The van der Waals surface area contributed by atoms with Crippen molar-refractivity contribution in [2.75, 3.05) is 0 Å². The van der Waals surface area contributed by atoms with Crippen LogP contribution in [0, 0.1) is 11.8 Å². The number of nitrogens with one attached hydrogen (secondary N) is 1. The number of carbonyl (C=O) groups excluding carboxylic acids is 2. The summed E-state index contributed by atoms with van der Waals surface area (Å²) in [6.45, 7) is 4.92. The summed E-state index contributed by atoms with van der Waals surface area (Å²) in [5, 5.41) is 0. The van der Waals surface area contributed by atoms with E-state index >= 15 is 0 Å². The molecule has 0 fully saturated rings. The minimum atomic E-state index is -0.793. The summed E-state index contributed by atoms with van der Waals surface area (Å²) in [6.07, 6.45) is 0. The van der Waals surface area contributed by atoms with Gasteiger partial charge in [-0.3, -0.25) is 4.79 Å². The molecule has 1 unspecified atom stereocenters. The van der Waals surface area contributed by atoms with Crippen molar-refractivity contribution in [1.82, 2.24) is 0 Å². The predicted octanol–water partition coefficient (Wildman–Crippen LogP) is 1.42. The van der Waals surface area contributed by atoms with Crippen LogP contribution in [-0.4, -0.2) is 11.7 Å². The van der Waals surface area contributed by atoms with Gasteiger partial charge < -0.3 is 10.5 Å². The zero-order valence-electron chi connectivity index (χ0n) is 7.05. The summed E-state index contributed by atoms with van der Waals surface area (Å²) < 4.78 is 0. The van der Waals surface area contributed by atoms with Crippen LogP contribution < -0.4 is 0 Å². The van der Waals surface area contributed by atoms with Crippen molar-refractivity contribution in [2.24, 2.45) is 11.8 Å². The van der Waals surface area contributed by atoms with E-state index in [1.54, 1.807) is 13.8 Å². The van der Waals surface area contributed by atoms with Gasteiger partial charge in [-0.1, -0.05) is 20.8 Å². The van der Waals surface area contributed by atoms with Crippen molar-refractivity contribution >= 4 is 11.7 Å². The molecule has 58 valence electrons. The first-order valence-electron chi connectivity index (χ1n) is 3.26. The molecule has 0 aromatic rings. The van der Waals surface area contributed by atoms with Gasteiger partial charge in [-0.2, -0.15) is 0 Å². The van der Waals surface area contributed by atoms with Crippen molar-refractivity contribution < 1.29 is 42.3 Å². The number of amides is 1. The third-order valence-electron chi connectivity index (χ3n) is 1.39. The number of Topliss-reactive ketones (excluding diaryl/α,β-unsaturated/α-hetero) is 1. The molecule has 1 amide bonds. The maximum Gasteiger partial charge on any atom is 3.00 e. The summed E-state index contributed by atoms with van der Waals surface area (Å²) >= 11 is 0. The number of hydrogen-bond donors (Lipinski definition) is 0. The molecule has 0 aromatic heterocycles. The van der Waals surface area contributed by atoms with E-state index in [0.717, 1.165) is 0 Å².